The van der Waals surface area contributed by atoms with Gasteiger partial charge in [0.15, 0.2) is 0 Å². The van der Waals surface area contributed by atoms with Crippen molar-refractivity contribution in [3.8, 4) is 5.88 Å². The van der Waals surface area contributed by atoms with Gasteiger partial charge in [0.2, 0.25) is 5.88 Å². The summed E-state index contributed by atoms with van der Waals surface area (Å²) in [7, 11) is 1.55. The van der Waals surface area contributed by atoms with Gasteiger partial charge < -0.3 is 15.2 Å². The molecule has 0 aliphatic carbocycles. The number of hydrogen-bond donors (Lipinski definition) is 2. The maximum Gasteiger partial charge on any atom is 0.233 e. The topological polar surface area (TPSA) is 71.8 Å². The Morgan fingerprint density at radius 2 is 2.38 bits per heavy atom. The molecule has 1 aromatic rings. The van der Waals surface area contributed by atoms with E-state index in [2.05, 4.69) is 15.5 Å². The minimum atomic E-state index is -0.505. The molecule has 5 heteroatoms. The van der Waals surface area contributed by atoms with Crippen LogP contribution in [0.2, 0.25) is 0 Å². The third-order valence-corrected chi connectivity index (χ3v) is 3.07. The summed E-state index contributed by atoms with van der Waals surface area (Å²) in [5.41, 5.74) is 0.640. The highest BCUT2D eigenvalue weighted by Crippen LogP contribution is 2.24. The zero-order valence-corrected chi connectivity index (χ0v) is 9.47. The van der Waals surface area contributed by atoms with E-state index in [-0.39, 0.29) is 5.92 Å². The number of quaternary nitrogens is 1. The second-order valence-electron chi connectivity index (χ2n) is 4.16. The van der Waals surface area contributed by atoms with E-state index in [1.54, 1.807) is 19.2 Å². The minimum absolute atomic E-state index is 0.288. The lowest BCUT2D eigenvalue weighted by Crippen LogP contribution is -2.87. The fraction of sp³-hybridized carbons (Fsp3) is 0.636. The molecule has 5 nitrogen and oxygen atoms in total. The smallest absolute Gasteiger partial charge is 0.233 e. The fourth-order valence-electron chi connectivity index (χ4n) is 2.10. The van der Waals surface area contributed by atoms with Gasteiger partial charge in [0.25, 0.3) is 0 Å². The number of aromatic nitrogens is 2. The molecule has 1 aliphatic rings. The Morgan fingerprint density at radius 3 is 2.94 bits per heavy atom. The lowest BCUT2D eigenvalue weighted by molar-refractivity contribution is -0.670. The van der Waals surface area contributed by atoms with Gasteiger partial charge in [-0.05, 0) is 18.9 Å². The standard InChI is InChI=1S/C11H17N3O2/c1-16-10-5-4-9(13-14-10)11(15)8-3-2-6-12-7-8/h4-5,8,11-12,15H,2-3,6-7H2,1H3/p+1. The molecule has 0 bridgehead atoms. The number of nitrogens with zero attached hydrogens (tertiary/aromatic N) is 2. The number of ether oxygens (including phenoxy) is 1. The van der Waals surface area contributed by atoms with E-state index in [0.717, 1.165) is 25.9 Å². The molecule has 0 spiro atoms. The van der Waals surface area contributed by atoms with Gasteiger partial charge in [0.05, 0.1) is 25.9 Å². The minimum Gasteiger partial charge on any atom is -0.480 e. The summed E-state index contributed by atoms with van der Waals surface area (Å²) >= 11 is 0. The van der Waals surface area contributed by atoms with Crippen LogP contribution in [0.15, 0.2) is 12.1 Å². The van der Waals surface area contributed by atoms with E-state index < -0.39 is 6.10 Å². The summed E-state index contributed by atoms with van der Waals surface area (Å²) in [5, 5.41) is 20.2. The van der Waals surface area contributed by atoms with Gasteiger partial charge >= 0.3 is 0 Å². The zero-order chi connectivity index (χ0) is 11.4. The second kappa shape index (κ2) is 5.23. The molecule has 1 saturated heterocycles. The first-order valence-electron chi connectivity index (χ1n) is 5.68. The van der Waals surface area contributed by atoms with E-state index in [0.29, 0.717) is 11.6 Å². The Bertz CT molecular complexity index is 323. The maximum absolute atomic E-state index is 10.1. The zero-order valence-electron chi connectivity index (χ0n) is 9.47. The molecule has 0 saturated carbocycles. The van der Waals surface area contributed by atoms with Crippen LogP contribution in [0.5, 0.6) is 5.88 Å². The average molecular weight is 224 g/mol. The van der Waals surface area contributed by atoms with Crippen molar-refractivity contribution in [1.29, 1.82) is 0 Å². The summed E-state index contributed by atoms with van der Waals surface area (Å²) in [6.07, 6.45) is 1.71. The molecular formula is C11H18N3O2+. The van der Waals surface area contributed by atoms with Crippen molar-refractivity contribution in [2.24, 2.45) is 5.92 Å². The van der Waals surface area contributed by atoms with Crippen LogP contribution in [-0.4, -0.2) is 35.5 Å². The molecule has 2 atom stereocenters. The van der Waals surface area contributed by atoms with Gasteiger partial charge in [0, 0.05) is 12.0 Å². The number of hydrogen-bond acceptors (Lipinski definition) is 4. The fourth-order valence-corrected chi connectivity index (χ4v) is 2.10. The van der Waals surface area contributed by atoms with E-state index in [9.17, 15) is 5.11 Å². The molecule has 3 N–H and O–H groups in total. The van der Waals surface area contributed by atoms with Gasteiger partial charge in [-0.15, -0.1) is 10.2 Å². The predicted molar refractivity (Wildman–Crippen MR) is 57.9 cm³/mol. The van der Waals surface area contributed by atoms with Gasteiger partial charge in [-0.1, -0.05) is 0 Å². The van der Waals surface area contributed by atoms with Gasteiger partial charge in [-0.25, -0.2) is 0 Å². The largest absolute Gasteiger partial charge is 0.480 e. The van der Waals surface area contributed by atoms with Crippen LogP contribution in [0.4, 0.5) is 0 Å². The maximum atomic E-state index is 10.1. The molecule has 16 heavy (non-hydrogen) atoms. The number of aliphatic hydroxyl groups excluding tert-OH is 1. The Kier molecular flexibility index (Phi) is 3.69. The molecule has 88 valence electrons. The summed E-state index contributed by atoms with van der Waals surface area (Å²) in [6.45, 7) is 2.13. The van der Waals surface area contributed by atoms with Crippen LogP contribution in [-0.2, 0) is 0 Å². The SMILES string of the molecule is COc1ccc(C(O)C2CCC[NH2+]C2)nn1. The number of rotatable bonds is 3. The lowest BCUT2D eigenvalue weighted by atomic mass is 9.92. The first-order valence-corrected chi connectivity index (χ1v) is 5.68. The van der Waals surface area contributed by atoms with Crippen molar-refractivity contribution in [2.45, 2.75) is 18.9 Å². The van der Waals surface area contributed by atoms with Crippen LogP contribution in [0, 0.1) is 5.92 Å². The third-order valence-electron chi connectivity index (χ3n) is 3.07. The number of nitrogens with two attached hydrogens (primary N) is 1. The van der Waals surface area contributed by atoms with Gasteiger partial charge in [-0.3, -0.25) is 0 Å². The lowest BCUT2D eigenvalue weighted by Gasteiger charge is -2.24. The summed E-state index contributed by atoms with van der Waals surface area (Å²) in [4.78, 5) is 0. The van der Waals surface area contributed by atoms with Crippen molar-refractivity contribution in [3.05, 3.63) is 17.8 Å². The monoisotopic (exact) mass is 224 g/mol. The first kappa shape index (κ1) is 11.3. The van der Waals surface area contributed by atoms with E-state index in [4.69, 9.17) is 4.74 Å². The van der Waals surface area contributed by atoms with Crippen molar-refractivity contribution < 1.29 is 15.2 Å². The Morgan fingerprint density at radius 1 is 1.50 bits per heavy atom. The highest BCUT2D eigenvalue weighted by molar-refractivity contribution is 5.13. The molecule has 0 radical (unpaired) electrons. The Balaban J connectivity index is 2.04. The normalized spacial score (nSPS) is 22.8. The molecule has 2 heterocycles. The Hall–Kier alpha value is -1.20. The van der Waals surface area contributed by atoms with Gasteiger partial charge in [-0.2, -0.15) is 0 Å². The summed E-state index contributed by atoms with van der Waals surface area (Å²) < 4.78 is 4.93. The molecular weight excluding hydrogens is 206 g/mol. The number of methoxy groups -OCH3 is 1. The summed E-state index contributed by atoms with van der Waals surface area (Å²) in [6, 6.07) is 3.52. The van der Waals surface area contributed by atoms with Crippen LogP contribution < -0.4 is 10.1 Å². The van der Waals surface area contributed by atoms with E-state index in [1.165, 1.54) is 0 Å². The van der Waals surface area contributed by atoms with Crippen LogP contribution in [0.25, 0.3) is 0 Å². The predicted octanol–water partition coefficient (Wildman–Crippen LogP) is -0.508. The van der Waals surface area contributed by atoms with Crippen molar-refractivity contribution >= 4 is 0 Å². The quantitative estimate of drug-likeness (QED) is 0.725. The van der Waals surface area contributed by atoms with Crippen molar-refractivity contribution in [3.63, 3.8) is 0 Å². The van der Waals surface area contributed by atoms with Crippen LogP contribution in [0.1, 0.15) is 24.6 Å². The third kappa shape index (κ3) is 2.48. The average Bonchev–Trinajstić information content (AvgIpc) is 2.39. The van der Waals surface area contributed by atoms with Crippen molar-refractivity contribution in [2.75, 3.05) is 20.2 Å². The molecule has 1 aromatic heterocycles. The molecule has 0 aromatic carbocycles. The molecule has 1 aliphatic heterocycles. The van der Waals surface area contributed by atoms with Gasteiger partial charge in [0.1, 0.15) is 6.10 Å². The highest BCUT2D eigenvalue weighted by atomic mass is 16.5. The molecule has 0 amide bonds. The molecule has 1 fully saturated rings. The first-order chi connectivity index (χ1) is 7.81. The second-order valence-corrected chi connectivity index (χ2v) is 4.16. The van der Waals surface area contributed by atoms with Crippen LogP contribution >= 0.6 is 0 Å². The van der Waals surface area contributed by atoms with E-state index >= 15 is 0 Å². The summed E-state index contributed by atoms with van der Waals surface area (Å²) in [5.74, 6) is 0.766. The highest BCUT2D eigenvalue weighted by Gasteiger charge is 2.26. The molecule has 2 rings (SSSR count). The van der Waals surface area contributed by atoms with E-state index in [1.807, 2.05) is 0 Å². The van der Waals surface area contributed by atoms with Crippen molar-refractivity contribution in [1.82, 2.24) is 10.2 Å². The molecule has 2 unspecified atom stereocenters. The number of aliphatic hydroxyl groups is 1. The Labute approximate surface area is 94.8 Å². The number of piperidine rings is 1. The van der Waals surface area contributed by atoms with Crippen LogP contribution in [0.3, 0.4) is 0 Å².